The number of fused-ring (bicyclic) bond motifs is 1. The summed E-state index contributed by atoms with van der Waals surface area (Å²) in [5.41, 5.74) is 3.58. The maximum atomic E-state index is 13.4. The minimum atomic E-state index is -1.03. The van der Waals surface area contributed by atoms with Crippen LogP contribution in [0.5, 0.6) is 0 Å². The number of aliphatic hydroxyl groups is 1. The van der Waals surface area contributed by atoms with E-state index in [1.54, 1.807) is 59.5 Å². The monoisotopic (exact) mass is 458 g/mol. The van der Waals surface area contributed by atoms with Gasteiger partial charge in [0.15, 0.2) is 0 Å². The summed E-state index contributed by atoms with van der Waals surface area (Å²) in [6.07, 6.45) is -1.47. The molecule has 0 radical (unpaired) electrons. The topological polar surface area (TPSA) is 95.9 Å². The predicted molar refractivity (Wildman–Crippen MR) is 129 cm³/mol. The highest BCUT2D eigenvalue weighted by Crippen LogP contribution is 2.35. The van der Waals surface area contributed by atoms with E-state index in [0.29, 0.717) is 34.5 Å². The third-order valence-corrected chi connectivity index (χ3v) is 5.88. The van der Waals surface area contributed by atoms with Crippen LogP contribution < -0.4 is 10.2 Å². The normalized spacial score (nSPS) is 17.3. The number of ether oxygens (including phenoxy) is 1. The average Bonchev–Trinajstić information content (AvgIpc) is 2.96. The second-order valence-corrected chi connectivity index (χ2v) is 8.24. The number of rotatable bonds is 4. The Morgan fingerprint density at radius 1 is 0.971 bits per heavy atom. The van der Waals surface area contributed by atoms with Gasteiger partial charge in [-0.1, -0.05) is 36.4 Å². The summed E-state index contributed by atoms with van der Waals surface area (Å²) in [5, 5.41) is 13.7. The zero-order valence-electron chi connectivity index (χ0n) is 19.0. The van der Waals surface area contributed by atoms with Crippen LogP contribution in [0.15, 0.2) is 72.8 Å². The summed E-state index contributed by atoms with van der Waals surface area (Å²) < 4.78 is 5.30. The molecule has 7 nitrogen and oxygen atoms in total. The third-order valence-electron chi connectivity index (χ3n) is 5.88. The van der Waals surface area contributed by atoms with Crippen LogP contribution in [-0.2, 0) is 9.53 Å². The van der Waals surface area contributed by atoms with Crippen molar-refractivity contribution in [1.29, 1.82) is 0 Å². The molecule has 2 amide bonds. The minimum absolute atomic E-state index is 0.218. The first kappa shape index (κ1) is 23.2. The van der Waals surface area contributed by atoms with Crippen LogP contribution >= 0.6 is 0 Å². The van der Waals surface area contributed by atoms with Gasteiger partial charge in [-0.05, 0) is 48.9 Å². The van der Waals surface area contributed by atoms with Crippen molar-refractivity contribution in [3.05, 3.63) is 95.1 Å². The lowest BCUT2D eigenvalue weighted by Crippen LogP contribution is -2.33. The van der Waals surface area contributed by atoms with Crippen LogP contribution in [0.25, 0.3) is 0 Å². The average molecular weight is 459 g/mol. The zero-order valence-corrected chi connectivity index (χ0v) is 19.0. The number of nitrogens with one attached hydrogen (secondary N) is 1. The maximum Gasteiger partial charge on any atom is 0.303 e. The first-order valence-electron chi connectivity index (χ1n) is 11.1. The molecule has 0 bridgehead atoms. The number of esters is 1. The molecule has 0 fully saturated rings. The number of hydrogen-bond donors (Lipinski definition) is 2. The van der Waals surface area contributed by atoms with E-state index >= 15 is 0 Å². The summed E-state index contributed by atoms with van der Waals surface area (Å²) in [6, 6.07) is 21.1. The van der Waals surface area contributed by atoms with E-state index in [1.807, 2.05) is 25.1 Å². The summed E-state index contributed by atoms with van der Waals surface area (Å²) in [4.78, 5) is 39.0. The van der Waals surface area contributed by atoms with E-state index in [-0.39, 0.29) is 18.4 Å². The van der Waals surface area contributed by atoms with Gasteiger partial charge in [-0.2, -0.15) is 0 Å². The fraction of sp³-hybridized carbons (Fsp3) is 0.222. The van der Waals surface area contributed by atoms with Gasteiger partial charge >= 0.3 is 5.97 Å². The van der Waals surface area contributed by atoms with Crippen molar-refractivity contribution >= 4 is 29.2 Å². The largest absolute Gasteiger partial charge is 0.459 e. The van der Waals surface area contributed by atoms with E-state index in [1.165, 1.54) is 6.92 Å². The van der Waals surface area contributed by atoms with Crippen LogP contribution in [0.2, 0.25) is 0 Å². The number of hydrogen-bond acceptors (Lipinski definition) is 5. The molecule has 34 heavy (non-hydrogen) atoms. The van der Waals surface area contributed by atoms with Crippen molar-refractivity contribution < 1.29 is 24.2 Å². The lowest BCUT2D eigenvalue weighted by atomic mass is 10.0. The Labute approximate surface area is 198 Å². The highest BCUT2D eigenvalue weighted by atomic mass is 16.6. The first-order valence-corrected chi connectivity index (χ1v) is 11.1. The Hall–Kier alpha value is -3.97. The lowest BCUT2D eigenvalue weighted by molar-refractivity contribution is -0.152. The molecule has 1 aliphatic heterocycles. The molecule has 0 aromatic heterocycles. The second kappa shape index (κ2) is 9.89. The molecule has 0 saturated heterocycles. The number of aliphatic hydroxyl groups excluding tert-OH is 1. The number of benzene rings is 3. The molecule has 0 saturated carbocycles. The number of amides is 2. The van der Waals surface area contributed by atoms with Crippen molar-refractivity contribution in [2.75, 3.05) is 16.8 Å². The fourth-order valence-electron chi connectivity index (χ4n) is 4.14. The van der Waals surface area contributed by atoms with Gasteiger partial charge in [0.25, 0.3) is 11.8 Å². The molecule has 3 aromatic rings. The van der Waals surface area contributed by atoms with E-state index < -0.39 is 18.2 Å². The Balaban J connectivity index is 1.54. The highest BCUT2D eigenvalue weighted by molar-refractivity contribution is 6.08. The quantitative estimate of drug-likeness (QED) is 0.570. The van der Waals surface area contributed by atoms with Crippen molar-refractivity contribution in [2.24, 2.45) is 0 Å². The van der Waals surface area contributed by atoms with E-state index in [4.69, 9.17) is 4.74 Å². The van der Waals surface area contributed by atoms with Crippen LogP contribution in [0.4, 0.5) is 11.4 Å². The SMILES string of the molecule is CC(=O)O[C@@H]1CCN(C(=O)c2ccc(NC(=O)c3ccccc3C)cc2)c2ccccc2[C@H]1O. The van der Waals surface area contributed by atoms with Crippen LogP contribution in [-0.4, -0.2) is 35.5 Å². The van der Waals surface area contributed by atoms with Crippen molar-refractivity contribution in [2.45, 2.75) is 32.5 Å². The molecule has 0 unspecified atom stereocenters. The Kier molecular flexibility index (Phi) is 6.75. The van der Waals surface area contributed by atoms with Gasteiger partial charge in [-0.25, -0.2) is 0 Å². The smallest absolute Gasteiger partial charge is 0.303 e. The predicted octanol–water partition coefficient (Wildman–Crippen LogP) is 4.26. The lowest BCUT2D eigenvalue weighted by Gasteiger charge is -2.23. The molecule has 2 atom stereocenters. The van der Waals surface area contributed by atoms with Crippen molar-refractivity contribution in [3.63, 3.8) is 0 Å². The molecule has 7 heteroatoms. The molecule has 1 aliphatic rings. The van der Waals surface area contributed by atoms with Gasteiger partial charge in [0.05, 0.1) is 0 Å². The molecule has 3 aromatic carbocycles. The van der Waals surface area contributed by atoms with Gasteiger partial charge < -0.3 is 20.1 Å². The number of para-hydroxylation sites is 1. The minimum Gasteiger partial charge on any atom is -0.459 e. The zero-order chi connectivity index (χ0) is 24.2. The number of anilines is 2. The van der Waals surface area contributed by atoms with Crippen molar-refractivity contribution in [1.82, 2.24) is 0 Å². The van der Waals surface area contributed by atoms with E-state index in [9.17, 15) is 19.5 Å². The Bertz CT molecular complexity index is 1220. The summed E-state index contributed by atoms with van der Waals surface area (Å²) in [5.74, 6) is -0.950. The van der Waals surface area contributed by atoms with Crippen molar-refractivity contribution in [3.8, 4) is 0 Å². The maximum absolute atomic E-state index is 13.4. The first-order chi connectivity index (χ1) is 16.3. The molecule has 174 valence electrons. The van der Waals surface area contributed by atoms with Crippen LogP contribution in [0, 0.1) is 6.92 Å². The molecule has 4 rings (SSSR count). The van der Waals surface area contributed by atoms with Gasteiger partial charge in [-0.15, -0.1) is 0 Å². The van der Waals surface area contributed by atoms with Crippen LogP contribution in [0.3, 0.4) is 0 Å². The molecule has 2 N–H and O–H groups in total. The van der Waals surface area contributed by atoms with Crippen LogP contribution in [0.1, 0.15) is 51.3 Å². The molecule has 1 heterocycles. The molecule has 0 spiro atoms. The molecular formula is C27H26N2O5. The highest BCUT2D eigenvalue weighted by Gasteiger charge is 2.33. The van der Waals surface area contributed by atoms with E-state index in [0.717, 1.165) is 5.56 Å². The Morgan fingerprint density at radius 3 is 2.35 bits per heavy atom. The van der Waals surface area contributed by atoms with E-state index in [2.05, 4.69) is 5.32 Å². The van der Waals surface area contributed by atoms with Gasteiger partial charge in [0.2, 0.25) is 0 Å². The van der Waals surface area contributed by atoms with Gasteiger partial charge in [0, 0.05) is 48.0 Å². The second-order valence-electron chi connectivity index (χ2n) is 8.24. The molecular weight excluding hydrogens is 432 g/mol. The third kappa shape index (κ3) is 4.84. The van der Waals surface area contributed by atoms with Gasteiger partial charge in [-0.3, -0.25) is 14.4 Å². The summed E-state index contributed by atoms with van der Waals surface area (Å²) in [6.45, 7) is 3.45. The summed E-state index contributed by atoms with van der Waals surface area (Å²) >= 11 is 0. The number of carbonyl (C=O) groups excluding carboxylic acids is 3. The number of carbonyl (C=O) groups is 3. The van der Waals surface area contributed by atoms with Gasteiger partial charge in [0.1, 0.15) is 12.2 Å². The number of aryl methyl sites for hydroxylation is 1. The summed E-state index contributed by atoms with van der Waals surface area (Å²) in [7, 11) is 0. The standard InChI is InChI=1S/C27H26N2O5/c1-17-7-3-4-8-21(17)26(32)28-20-13-11-19(12-14-20)27(33)29-16-15-24(34-18(2)30)25(31)22-9-5-6-10-23(22)29/h3-14,24-25,31H,15-16H2,1-2H3,(H,28,32)/t24-,25-/m1/s1. The fourth-order valence-corrected chi connectivity index (χ4v) is 4.14. The number of nitrogens with zero attached hydrogens (tertiary/aromatic N) is 1. The Morgan fingerprint density at radius 2 is 1.65 bits per heavy atom. The molecule has 0 aliphatic carbocycles.